The first kappa shape index (κ1) is 23.9. The number of likely N-dealkylation sites (tertiary alicyclic amines) is 1. The molecule has 160 valence electrons. The molecule has 0 amide bonds. The van der Waals surface area contributed by atoms with Crippen molar-refractivity contribution in [2.45, 2.75) is 25.4 Å². The molecule has 0 saturated carbocycles. The molecule has 29 heavy (non-hydrogen) atoms. The van der Waals surface area contributed by atoms with Crippen LogP contribution in [0.25, 0.3) is 0 Å². The van der Waals surface area contributed by atoms with Crippen LogP contribution in [0.2, 0.25) is 0 Å². The minimum Gasteiger partial charge on any atom is -0.375 e. The summed E-state index contributed by atoms with van der Waals surface area (Å²) in [6.45, 7) is 3.62. The Morgan fingerprint density at radius 2 is 2.00 bits per heavy atom. The number of nitrogens with zero attached hydrogens (tertiary/aromatic N) is 3. The van der Waals surface area contributed by atoms with Crippen molar-refractivity contribution in [3.8, 4) is 0 Å². The standard InChI is InChI=1S/C21H30FN5S.HI/c1-23-21(24-14-16-8-9-18(26(2)3)17(22)13-16)25-15-19(20-7-6-12-28-20)27-10-4-5-11-27;/h6-9,12-13,19H,4-5,10-11,14-15H2,1-3H3,(H2,23,24,25);1H. The highest BCUT2D eigenvalue weighted by Gasteiger charge is 2.24. The van der Waals surface area contributed by atoms with Gasteiger partial charge in [0.2, 0.25) is 0 Å². The zero-order valence-corrected chi connectivity index (χ0v) is 20.5. The Bertz CT molecular complexity index is 775. The van der Waals surface area contributed by atoms with Crippen LogP contribution in [0.15, 0.2) is 40.7 Å². The van der Waals surface area contributed by atoms with Gasteiger partial charge in [-0.3, -0.25) is 9.89 Å². The lowest BCUT2D eigenvalue weighted by atomic mass is 10.2. The minimum atomic E-state index is -0.209. The van der Waals surface area contributed by atoms with Gasteiger partial charge in [-0.1, -0.05) is 12.1 Å². The highest BCUT2D eigenvalue weighted by molar-refractivity contribution is 14.0. The first-order chi connectivity index (χ1) is 13.6. The highest BCUT2D eigenvalue weighted by atomic mass is 127. The quantitative estimate of drug-likeness (QED) is 0.321. The molecule has 0 aliphatic carbocycles. The lowest BCUT2D eigenvalue weighted by Crippen LogP contribution is -2.42. The lowest BCUT2D eigenvalue weighted by molar-refractivity contribution is 0.249. The number of rotatable bonds is 7. The summed E-state index contributed by atoms with van der Waals surface area (Å²) in [5, 5.41) is 8.88. The van der Waals surface area contributed by atoms with Crippen molar-refractivity contribution in [2.75, 3.05) is 45.7 Å². The first-order valence-electron chi connectivity index (χ1n) is 9.76. The predicted octanol–water partition coefficient (Wildman–Crippen LogP) is 4.07. The average molecular weight is 531 g/mol. The van der Waals surface area contributed by atoms with E-state index in [1.807, 2.05) is 26.2 Å². The van der Waals surface area contributed by atoms with E-state index < -0.39 is 0 Å². The molecule has 5 nitrogen and oxygen atoms in total. The van der Waals surface area contributed by atoms with Gasteiger partial charge in [0.1, 0.15) is 5.82 Å². The van der Waals surface area contributed by atoms with E-state index in [9.17, 15) is 4.39 Å². The Hall–Kier alpha value is -1.39. The van der Waals surface area contributed by atoms with Gasteiger partial charge >= 0.3 is 0 Å². The van der Waals surface area contributed by atoms with Gasteiger partial charge in [-0.15, -0.1) is 35.3 Å². The van der Waals surface area contributed by atoms with Gasteiger partial charge in [-0.2, -0.15) is 0 Å². The molecule has 8 heteroatoms. The highest BCUT2D eigenvalue weighted by Crippen LogP contribution is 2.27. The monoisotopic (exact) mass is 531 g/mol. The molecule has 1 aliphatic heterocycles. The van der Waals surface area contributed by atoms with E-state index in [1.54, 1.807) is 29.4 Å². The fourth-order valence-corrected chi connectivity index (χ4v) is 4.43. The number of halogens is 2. The molecule has 0 bridgehead atoms. The molecular weight excluding hydrogens is 500 g/mol. The zero-order chi connectivity index (χ0) is 19.9. The number of aliphatic imine (C=N–C) groups is 1. The second-order valence-corrected chi connectivity index (χ2v) is 8.24. The third-order valence-electron chi connectivity index (χ3n) is 5.09. The summed E-state index contributed by atoms with van der Waals surface area (Å²) in [5.74, 6) is 0.525. The number of guanidine groups is 1. The van der Waals surface area contributed by atoms with E-state index in [4.69, 9.17) is 0 Å². The summed E-state index contributed by atoms with van der Waals surface area (Å²) in [6, 6.07) is 10.0. The van der Waals surface area contributed by atoms with Gasteiger partial charge in [0, 0.05) is 39.1 Å². The lowest BCUT2D eigenvalue weighted by Gasteiger charge is -2.27. The molecule has 1 saturated heterocycles. The van der Waals surface area contributed by atoms with Crippen LogP contribution in [-0.4, -0.2) is 51.6 Å². The second kappa shape index (κ2) is 11.7. The van der Waals surface area contributed by atoms with Crippen molar-refractivity contribution >= 4 is 47.0 Å². The van der Waals surface area contributed by atoms with Crippen LogP contribution >= 0.6 is 35.3 Å². The van der Waals surface area contributed by atoms with Crippen LogP contribution in [0.1, 0.15) is 29.3 Å². The molecule has 1 aromatic heterocycles. The van der Waals surface area contributed by atoms with E-state index in [0.29, 0.717) is 18.3 Å². The van der Waals surface area contributed by atoms with Gasteiger partial charge in [0.05, 0.1) is 11.7 Å². The summed E-state index contributed by atoms with van der Waals surface area (Å²) in [5.41, 5.74) is 1.48. The first-order valence-corrected chi connectivity index (χ1v) is 10.6. The Morgan fingerprint density at radius 1 is 1.24 bits per heavy atom. The van der Waals surface area contributed by atoms with Crippen molar-refractivity contribution in [2.24, 2.45) is 4.99 Å². The normalized spacial score (nSPS) is 15.7. The summed E-state index contributed by atoms with van der Waals surface area (Å²) < 4.78 is 14.2. The number of hydrogen-bond donors (Lipinski definition) is 2. The summed E-state index contributed by atoms with van der Waals surface area (Å²) in [4.78, 5) is 10.0. The van der Waals surface area contributed by atoms with E-state index in [1.165, 1.54) is 17.7 Å². The predicted molar refractivity (Wildman–Crippen MR) is 132 cm³/mol. The van der Waals surface area contributed by atoms with Crippen molar-refractivity contribution in [3.05, 3.63) is 52.0 Å². The second-order valence-electron chi connectivity index (χ2n) is 7.26. The maximum Gasteiger partial charge on any atom is 0.191 e. The molecule has 0 radical (unpaired) electrons. The Morgan fingerprint density at radius 3 is 2.59 bits per heavy atom. The molecule has 1 aliphatic rings. The molecule has 1 aromatic carbocycles. The molecule has 2 aromatic rings. The van der Waals surface area contributed by atoms with Crippen molar-refractivity contribution in [1.29, 1.82) is 0 Å². The largest absolute Gasteiger partial charge is 0.375 e. The fraction of sp³-hybridized carbons (Fsp3) is 0.476. The number of nitrogens with one attached hydrogen (secondary N) is 2. The summed E-state index contributed by atoms with van der Waals surface area (Å²) in [6.07, 6.45) is 2.53. The van der Waals surface area contributed by atoms with E-state index in [0.717, 1.165) is 31.2 Å². The summed E-state index contributed by atoms with van der Waals surface area (Å²) in [7, 11) is 5.44. The molecule has 1 unspecified atom stereocenters. The SMILES string of the molecule is CN=C(NCc1ccc(N(C)C)c(F)c1)NCC(c1cccs1)N1CCCC1.I. The van der Waals surface area contributed by atoms with Crippen molar-refractivity contribution in [1.82, 2.24) is 15.5 Å². The number of thiophene rings is 1. The van der Waals surface area contributed by atoms with Crippen LogP contribution in [0.4, 0.5) is 10.1 Å². The third-order valence-corrected chi connectivity index (χ3v) is 6.07. The van der Waals surface area contributed by atoms with Gasteiger partial charge in [0.15, 0.2) is 5.96 Å². The van der Waals surface area contributed by atoms with Crippen LogP contribution in [0.5, 0.6) is 0 Å². The van der Waals surface area contributed by atoms with Gasteiger partial charge in [-0.05, 0) is 55.1 Å². The molecule has 1 atom stereocenters. The van der Waals surface area contributed by atoms with Crippen LogP contribution in [0, 0.1) is 5.82 Å². The van der Waals surface area contributed by atoms with Gasteiger partial charge < -0.3 is 15.5 Å². The Labute approximate surface area is 194 Å². The van der Waals surface area contributed by atoms with Gasteiger partial charge in [-0.25, -0.2) is 4.39 Å². The van der Waals surface area contributed by atoms with Crippen LogP contribution < -0.4 is 15.5 Å². The fourth-order valence-electron chi connectivity index (χ4n) is 3.57. The van der Waals surface area contributed by atoms with Crippen molar-refractivity contribution in [3.63, 3.8) is 0 Å². The Balaban J connectivity index is 0.00000300. The number of anilines is 1. The van der Waals surface area contributed by atoms with Crippen molar-refractivity contribution < 1.29 is 4.39 Å². The molecular formula is C21H31FIN5S. The Kier molecular flexibility index (Phi) is 9.64. The maximum atomic E-state index is 14.2. The maximum absolute atomic E-state index is 14.2. The topological polar surface area (TPSA) is 42.9 Å². The number of benzene rings is 1. The van der Waals surface area contributed by atoms with E-state index in [-0.39, 0.29) is 29.8 Å². The minimum absolute atomic E-state index is 0. The number of hydrogen-bond acceptors (Lipinski definition) is 4. The van der Waals surface area contributed by atoms with E-state index >= 15 is 0 Å². The average Bonchev–Trinajstić information content (AvgIpc) is 3.38. The molecule has 0 spiro atoms. The molecule has 3 rings (SSSR count). The van der Waals surface area contributed by atoms with Crippen LogP contribution in [-0.2, 0) is 6.54 Å². The zero-order valence-electron chi connectivity index (χ0n) is 17.3. The molecule has 2 heterocycles. The smallest absolute Gasteiger partial charge is 0.191 e. The molecule has 2 N–H and O–H groups in total. The summed E-state index contributed by atoms with van der Waals surface area (Å²) >= 11 is 1.80. The van der Waals surface area contributed by atoms with Gasteiger partial charge in [0.25, 0.3) is 0 Å². The van der Waals surface area contributed by atoms with E-state index in [2.05, 4.69) is 38.0 Å². The molecule has 1 fully saturated rings. The third kappa shape index (κ3) is 6.55. The van der Waals surface area contributed by atoms with Crippen LogP contribution in [0.3, 0.4) is 0 Å².